The van der Waals surface area contributed by atoms with Crippen LogP contribution in [0.3, 0.4) is 0 Å². The van der Waals surface area contributed by atoms with Gasteiger partial charge in [0.2, 0.25) is 0 Å². The lowest BCUT2D eigenvalue weighted by atomic mass is 9.91. The van der Waals surface area contributed by atoms with Crippen molar-refractivity contribution in [1.29, 1.82) is 0 Å². The minimum Gasteiger partial charge on any atom is -0.106 e. The van der Waals surface area contributed by atoms with Crippen molar-refractivity contribution in [3.63, 3.8) is 0 Å². The van der Waals surface area contributed by atoms with Gasteiger partial charge in [-0.25, -0.2) is 0 Å². The monoisotopic (exact) mass is 236 g/mol. The zero-order valence-corrected chi connectivity index (χ0v) is 12.5. The van der Waals surface area contributed by atoms with E-state index in [0.29, 0.717) is 0 Å². The van der Waals surface area contributed by atoms with Crippen LogP contribution in [-0.4, -0.2) is 0 Å². The molecule has 0 aromatic carbocycles. The second-order valence-corrected chi connectivity index (χ2v) is 6.21. The second-order valence-electron chi connectivity index (χ2n) is 6.21. The van der Waals surface area contributed by atoms with Gasteiger partial charge in [-0.2, -0.15) is 0 Å². The normalized spacial score (nSPS) is 29.1. The van der Waals surface area contributed by atoms with Gasteiger partial charge < -0.3 is 0 Å². The summed E-state index contributed by atoms with van der Waals surface area (Å²) in [4.78, 5) is 0. The number of allylic oxidation sites excluding steroid dienone is 1. The minimum absolute atomic E-state index is 0.775. The minimum atomic E-state index is 0.775. The lowest BCUT2D eigenvalue weighted by molar-refractivity contribution is 0.360. The smallest absolute Gasteiger partial charge is 0.0303 e. The molecule has 0 aromatic heterocycles. The molecule has 0 heteroatoms. The quantitative estimate of drug-likeness (QED) is 0.527. The number of hydrogen-bond donors (Lipinski definition) is 0. The van der Waals surface area contributed by atoms with Gasteiger partial charge in [0.1, 0.15) is 0 Å². The maximum Gasteiger partial charge on any atom is -0.0303 e. The lowest BCUT2D eigenvalue weighted by Crippen LogP contribution is -2.04. The summed E-state index contributed by atoms with van der Waals surface area (Å²) in [5.74, 6) is 4.14. The highest BCUT2D eigenvalue weighted by Gasteiger charge is 2.36. The van der Waals surface area contributed by atoms with Crippen LogP contribution in [0.2, 0.25) is 0 Å². The first-order valence-electron chi connectivity index (χ1n) is 7.13. The Labute approximate surface area is 109 Å². The van der Waals surface area contributed by atoms with Crippen LogP contribution in [0.1, 0.15) is 59.8 Å². The Morgan fingerprint density at radius 3 is 1.88 bits per heavy atom. The molecule has 0 aliphatic heterocycles. The molecule has 0 spiro atoms. The van der Waals surface area contributed by atoms with E-state index < -0.39 is 0 Å². The van der Waals surface area contributed by atoms with E-state index >= 15 is 0 Å². The van der Waals surface area contributed by atoms with Crippen molar-refractivity contribution in [2.75, 3.05) is 0 Å². The first-order valence-corrected chi connectivity index (χ1v) is 7.13. The van der Waals surface area contributed by atoms with Gasteiger partial charge >= 0.3 is 0 Å². The average Bonchev–Trinajstić information content (AvgIpc) is 2.80. The van der Waals surface area contributed by atoms with Crippen LogP contribution in [0.15, 0.2) is 25.3 Å². The Bertz CT molecular complexity index is 212. The maximum absolute atomic E-state index is 3.80. The standard InChI is InChI=1S/C8H14.C7H14.C2H4/c1-6-4-7-2-3-8(6)5-7;1-6(2)5-7(3)4;1-2/h6-8H,2-5H2,1H3;7H,1,5H2,2-4H3;1-2H2. The third kappa shape index (κ3) is 6.71. The maximum atomic E-state index is 3.80. The molecule has 0 N–H and O–H groups in total. The van der Waals surface area contributed by atoms with Crippen molar-refractivity contribution in [3.05, 3.63) is 25.3 Å². The van der Waals surface area contributed by atoms with Gasteiger partial charge in [-0.1, -0.05) is 32.8 Å². The Kier molecular flexibility index (Phi) is 8.29. The molecule has 0 saturated heterocycles. The van der Waals surface area contributed by atoms with Gasteiger partial charge in [0.15, 0.2) is 0 Å². The van der Waals surface area contributed by atoms with Crippen molar-refractivity contribution in [2.45, 2.75) is 59.8 Å². The summed E-state index contributed by atoms with van der Waals surface area (Å²) in [7, 11) is 0. The second kappa shape index (κ2) is 8.55. The van der Waals surface area contributed by atoms with Crippen LogP contribution in [0.25, 0.3) is 0 Å². The molecular formula is C17H32. The van der Waals surface area contributed by atoms with Crippen LogP contribution >= 0.6 is 0 Å². The molecule has 2 saturated carbocycles. The molecule has 0 radical (unpaired) electrons. The van der Waals surface area contributed by atoms with E-state index in [1.807, 2.05) is 0 Å². The summed E-state index contributed by atoms with van der Waals surface area (Å²) in [6.45, 7) is 18.7. The van der Waals surface area contributed by atoms with Gasteiger partial charge in [-0.15, -0.1) is 19.7 Å². The van der Waals surface area contributed by atoms with Crippen molar-refractivity contribution in [3.8, 4) is 0 Å². The molecule has 0 nitrogen and oxygen atoms in total. The summed E-state index contributed by atoms with van der Waals surface area (Å²) < 4.78 is 0. The van der Waals surface area contributed by atoms with Crippen LogP contribution in [0.5, 0.6) is 0 Å². The number of rotatable bonds is 2. The van der Waals surface area contributed by atoms with Gasteiger partial charge in [-0.05, 0) is 56.3 Å². The molecule has 2 aliphatic carbocycles. The van der Waals surface area contributed by atoms with Crippen molar-refractivity contribution in [1.82, 2.24) is 0 Å². The molecule has 2 fully saturated rings. The Balaban J connectivity index is 0.000000267. The summed E-state index contributed by atoms with van der Waals surface area (Å²) in [5, 5.41) is 0. The number of hydrogen-bond acceptors (Lipinski definition) is 0. The fourth-order valence-electron chi connectivity index (χ4n) is 3.26. The molecule has 0 aromatic rings. The van der Waals surface area contributed by atoms with E-state index in [9.17, 15) is 0 Å². The third-order valence-electron chi connectivity index (χ3n) is 3.85. The van der Waals surface area contributed by atoms with Crippen molar-refractivity contribution < 1.29 is 0 Å². The molecule has 0 amide bonds. The summed E-state index contributed by atoms with van der Waals surface area (Å²) in [6, 6.07) is 0. The first kappa shape index (κ1) is 16.5. The van der Waals surface area contributed by atoms with Crippen molar-refractivity contribution >= 4 is 0 Å². The highest BCUT2D eigenvalue weighted by atomic mass is 14.4. The average molecular weight is 236 g/mol. The molecule has 100 valence electrons. The SMILES string of the molecule is C=C.C=C(C)CC(C)C.CC1CC2CCC1C2. The van der Waals surface area contributed by atoms with Crippen LogP contribution in [0.4, 0.5) is 0 Å². The Morgan fingerprint density at radius 2 is 1.76 bits per heavy atom. The van der Waals surface area contributed by atoms with Crippen LogP contribution in [-0.2, 0) is 0 Å². The van der Waals surface area contributed by atoms with Gasteiger partial charge in [0.05, 0.1) is 0 Å². The van der Waals surface area contributed by atoms with E-state index in [0.717, 1.165) is 23.7 Å². The summed E-state index contributed by atoms with van der Waals surface area (Å²) in [6.07, 6.45) is 7.38. The Hall–Kier alpha value is -0.520. The lowest BCUT2D eigenvalue weighted by Gasteiger charge is -2.15. The summed E-state index contributed by atoms with van der Waals surface area (Å²) in [5.41, 5.74) is 1.29. The molecule has 2 rings (SSSR count). The first-order chi connectivity index (χ1) is 7.99. The van der Waals surface area contributed by atoms with Crippen LogP contribution in [0, 0.1) is 23.7 Å². The zero-order chi connectivity index (χ0) is 13.4. The van der Waals surface area contributed by atoms with Crippen LogP contribution < -0.4 is 0 Å². The van der Waals surface area contributed by atoms with E-state index in [1.165, 1.54) is 12.0 Å². The molecule has 3 unspecified atom stereocenters. The fourth-order valence-corrected chi connectivity index (χ4v) is 3.26. The predicted octanol–water partition coefficient (Wildman–Crippen LogP) is 5.85. The van der Waals surface area contributed by atoms with E-state index in [2.05, 4.69) is 47.4 Å². The molecule has 17 heavy (non-hydrogen) atoms. The molecule has 2 bridgehead atoms. The summed E-state index contributed by atoms with van der Waals surface area (Å²) >= 11 is 0. The molecule has 0 heterocycles. The third-order valence-corrected chi connectivity index (χ3v) is 3.85. The van der Waals surface area contributed by atoms with E-state index in [-0.39, 0.29) is 0 Å². The van der Waals surface area contributed by atoms with E-state index in [4.69, 9.17) is 0 Å². The van der Waals surface area contributed by atoms with Crippen molar-refractivity contribution in [2.24, 2.45) is 23.7 Å². The topological polar surface area (TPSA) is 0 Å². The van der Waals surface area contributed by atoms with Gasteiger partial charge in [-0.3, -0.25) is 0 Å². The van der Waals surface area contributed by atoms with Gasteiger partial charge in [0, 0.05) is 0 Å². The van der Waals surface area contributed by atoms with Gasteiger partial charge in [0.25, 0.3) is 0 Å². The molecule has 3 atom stereocenters. The largest absolute Gasteiger partial charge is 0.106 e. The van der Waals surface area contributed by atoms with E-state index in [1.54, 1.807) is 25.7 Å². The Morgan fingerprint density at radius 1 is 1.18 bits per heavy atom. The predicted molar refractivity (Wildman–Crippen MR) is 80.1 cm³/mol. The molecule has 2 aliphatic rings. The zero-order valence-electron chi connectivity index (χ0n) is 12.5. The highest BCUT2D eigenvalue weighted by molar-refractivity contribution is 4.88. The fraction of sp³-hybridized carbons (Fsp3) is 0.765. The molecular weight excluding hydrogens is 204 g/mol. The number of fused-ring (bicyclic) bond motifs is 2. The highest BCUT2D eigenvalue weighted by Crippen LogP contribution is 2.47.